The number of benzene rings is 1. The number of hydrogen-bond donors (Lipinski definition) is 1. The number of alkyl carbamates (subject to hydrolysis) is 1. The van der Waals surface area contributed by atoms with Gasteiger partial charge in [-0.1, -0.05) is 68.9 Å². The second-order valence-corrected chi connectivity index (χ2v) is 12.3. The summed E-state index contributed by atoms with van der Waals surface area (Å²) in [5.41, 5.74) is 0.560. The largest absolute Gasteiger partial charge is 0.444 e. The number of amides is 1. The van der Waals surface area contributed by atoms with Gasteiger partial charge in [0.2, 0.25) is 0 Å². The third-order valence-corrected chi connectivity index (χ3v) is 7.54. The predicted molar refractivity (Wildman–Crippen MR) is 156 cm³/mol. The summed E-state index contributed by atoms with van der Waals surface area (Å²) in [6, 6.07) is 10.4. The van der Waals surface area contributed by atoms with Crippen molar-refractivity contribution in [3.63, 3.8) is 0 Å². The van der Waals surface area contributed by atoms with E-state index in [2.05, 4.69) is 5.32 Å². The van der Waals surface area contributed by atoms with Crippen molar-refractivity contribution in [2.24, 2.45) is 0 Å². The Labute approximate surface area is 241 Å². The van der Waals surface area contributed by atoms with Crippen molar-refractivity contribution in [1.82, 2.24) is 10.4 Å². The topological polar surface area (TPSA) is 86.3 Å². The van der Waals surface area contributed by atoms with E-state index < -0.39 is 11.7 Å². The number of nitrogens with zero attached hydrogens (tertiary/aromatic N) is 1. The van der Waals surface area contributed by atoms with E-state index in [1.165, 1.54) is 38.5 Å². The van der Waals surface area contributed by atoms with Crippen LogP contribution in [0.5, 0.6) is 0 Å². The first-order valence-electron chi connectivity index (χ1n) is 15.5. The predicted octanol–water partition coefficient (Wildman–Crippen LogP) is 6.71. The number of hydrogen-bond acceptors (Lipinski definition) is 7. The fraction of sp³-hybridized carbons (Fsp3) is 0.750. The zero-order valence-electron chi connectivity index (χ0n) is 25.0. The van der Waals surface area contributed by atoms with Gasteiger partial charge >= 0.3 is 12.1 Å². The van der Waals surface area contributed by atoms with Crippen LogP contribution in [0.25, 0.3) is 0 Å². The molecule has 2 aliphatic carbocycles. The van der Waals surface area contributed by atoms with Crippen LogP contribution in [0.3, 0.4) is 0 Å². The van der Waals surface area contributed by atoms with Gasteiger partial charge in [-0.2, -0.15) is 0 Å². The lowest BCUT2D eigenvalue weighted by molar-refractivity contribution is -0.226. The van der Waals surface area contributed by atoms with E-state index in [9.17, 15) is 9.59 Å². The molecule has 0 unspecified atom stereocenters. The average molecular weight is 561 g/mol. The molecule has 40 heavy (non-hydrogen) atoms. The van der Waals surface area contributed by atoms with Gasteiger partial charge in [0, 0.05) is 18.7 Å². The van der Waals surface area contributed by atoms with Crippen molar-refractivity contribution in [2.75, 3.05) is 19.8 Å². The van der Waals surface area contributed by atoms with E-state index in [-0.39, 0.29) is 25.2 Å². The molecule has 0 saturated heterocycles. The van der Waals surface area contributed by atoms with E-state index >= 15 is 0 Å². The van der Waals surface area contributed by atoms with Crippen molar-refractivity contribution in [3.8, 4) is 0 Å². The van der Waals surface area contributed by atoms with Crippen LogP contribution in [-0.2, 0) is 30.4 Å². The maximum absolute atomic E-state index is 12.9. The van der Waals surface area contributed by atoms with Crippen LogP contribution in [-0.4, -0.2) is 60.7 Å². The highest BCUT2D eigenvalue weighted by Crippen LogP contribution is 2.30. The molecule has 0 aromatic heterocycles. The molecule has 1 aromatic carbocycles. The van der Waals surface area contributed by atoms with Crippen LogP contribution in [0.1, 0.15) is 110 Å². The molecule has 8 nitrogen and oxygen atoms in total. The molecule has 0 heterocycles. The van der Waals surface area contributed by atoms with Crippen molar-refractivity contribution >= 4 is 12.1 Å². The molecule has 8 heteroatoms. The highest BCUT2D eigenvalue weighted by atomic mass is 16.7. The number of ether oxygens (including phenoxy) is 3. The second-order valence-electron chi connectivity index (χ2n) is 12.3. The summed E-state index contributed by atoms with van der Waals surface area (Å²) in [6.07, 6.45) is 13.5. The molecule has 0 bridgehead atoms. The number of nitrogens with one attached hydrogen (secondary N) is 1. The summed E-state index contributed by atoms with van der Waals surface area (Å²) in [5, 5.41) is 4.94. The Morgan fingerprint density at radius 3 is 2.12 bits per heavy atom. The molecule has 1 atom stereocenters. The van der Waals surface area contributed by atoms with Crippen molar-refractivity contribution in [1.29, 1.82) is 0 Å². The van der Waals surface area contributed by atoms with Gasteiger partial charge in [0.15, 0.2) is 0 Å². The Morgan fingerprint density at radius 1 is 0.900 bits per heavy atom. The third-order valence-electron chi connectivity index (χ3n) is 7.54. The van der Waals surface area contributed by atoms with E-state index in [0.29, 0.717) is 31.7 Å². The highest BCUT2D eigenvalue weighted by Gasteiger charge is 2.32. The third kappa shape index (κ3) is 13.0. The molecule has 2 aliphatic rings. The number of carbonyl (C=O) groups excluding carboxylic acids is 2. The Bertz CT molecular complexity index is 829. The first-order chi connectivity index (χ1) is 19.3. The van der Waals surface area contributed by atoms with E-state index in [0.717, 1.165) is 44.1 Å². The number of hydroxylamine groups is 2. The minimum absolute atomic E-state index is 0.136. The lowest BCUT2D eigenvalue weighted by Gasteiger charge is -2.39. The number of rotatable bonds is 15. The molecule has 226 valence electrons. The molecule has 1 amide bonds. The summed E-state index contributed by atoms with van der Waals surface area (Å²) in [7, 11) is 0. The average Bonchev–Trinajstić information content (AvgIpc) is 2.94. The lowest BCUT2D eigenvalue weighted by Crippen LogP contribution is -2.47. The van der Waals surface area contributed by atoms with Gasteiger partial charge < -0.3 is 24.4 Å². The normalized spacial score (nSPS) is 17.9. The quantitative estimate of drug-likeness (QED) is 0.188. The fourth-order valence-corrected chi connectivity index (χ4v) is 5.58. The van der Waals surface area contributed by atoms with Gasteiger partial charge in [0.25, 0.3) is 0 Å². The summed E-state index contributed by atoms with van der Waals surface area (Å²) in [4.78, 5) is 31.3. The maximum atomic E-state index is 12.9. The Hall–Kier alpha value is -2.16. The Morgan fingerprint density at radius 2 is 1.52 bits per heavy atom. The summed E-state index contributed by atoms with van der Waals surface area (Å²) < 4.78 is 17.0. The molecular weight excluding hydrogens is 508 g/mol. The van der Waals surface area contributed by atoms with Gasteiger partial charge in [0.05, 0.1) is 19.3 Å². The van der Waals surface area contributed by atoms with Crippen LogP contribution in [0.2, 0.25) is 0 Å². The molecule has 2 saturated carbocycles. The maximum Gasteiger partial charge on any atom is 0.407 e. The number of carbonyl (C=O) groups is 2. The Balaban J connectivity index is 1.43. The zero-order valence-corrected chi connectivity index (χ0v) is 25.0. The van der Waals surface area contributed by atoms with Crippen molar-refractivity contribution in [3.05, 3.63) is 35.9 Å². The molecule has 2 fully saturated rings. The summed E-state index contributed by atoms with van der Waals surface area (Å²) in [5.74, 6) is -0.360. The van der Waals surface area contributed by atoms with E-state index in [4.69, 9.17) is 19.0 Å². The Kier molecular flexibility index (Phi) is 14.2. The van der Waals surface area contributed by atoms with E-state index in [1.807, 2.05) is 56.2 Å². The molecule has 3 rings (SSSR count). The standard InChI is InChI=1S/C32H52N2O6/c1-32(2,3)39-31(36)33-27(17-13-14-22-37-23-26-15-7-4-8-16-26)24-38-25-30(35)40-34(28-18-9-5-10-19-28)29-20-11-6-12-21-29/h4,7-8,15-16,27-29H,5-6,9-14,17-25H2,1-3H3,(H,33,36)/t27-/m0/s1. The lowest BCUT2D eigenvalue weighted by atomic mass is 9.90. The first kappa shape index (κ1) is 32.4. The van der Waals surface area contributed by atoms with Gasteiger partial charge in [-0.3, -0.25) is 0 Å². The first-order valence-corrected chi connectivity index (χ1v) is 15.5. The molecule has 1 N–H and O–H groups in total. The SMILES string of the molecule is CC(C)(C)OC(=O)N[C@@H](CCCCOCc1ccccc1)COCC(=O)ON(C1CCCCC1)C1CCCCC1. The van der Waals surface area contributed by atoms with Crippen molar-refractivity contribution in [2.45, 2.75) is 135 Å². The van der Waals surface area contributed by atoms with Crippen LogP contribution < -0.4 is 5.32 Å². The molecule has 0 radical (unpaired) electrons. The smallest absolute Gasteiger partial charge is 0.407 e. The van der Waals surface area contributed by atoms with Gasteiger partial charge in [-0.25, -0.2) is 9.59 Å². The molecule has 0 spiro atoms. The molecular formula is C32H52N2O6. The van der Waals surface area contributed by atoms with Crippen LogP contribution >= 0.6 is 0 Å². The van der Waals surface area contributed by atoms with E-state index in [1.54, 1.807) is 0 Å². The zero-order chi connectivity index (χ0) is 28.6. The van der Waals surface area contributed by atoms with Crippen LogP contribution in [0.4, 0.5) is 4.79 Å². The second kappa shape index (κ2) is 17.6. The fourth-order valence-electron chi connectivity index (χ4n) is 5.58. The van der Waals surface area contributed by atoms with Crippen LogP contribution in [0, 0.1) is 0 Å². The van der Waals surface area contributed by atoms with Gasteiger partial charge in [-0.05, 0) is 71.3 Å². The number of unbranched alkanes of at least 4 members (excludes halogenated alkanes) is 1. The summed E-state index contributed by atoms with van der Waals surface area (Å²) in [6.45, 7) is 6.81. The molecule has 1 aromatic rings. The minimum Gasteiger partial charge on any atom is -0.444 e. The summed E-state index contributed by atoms with van der Waals surface area (Å²) >= 11 is 0. The minimum atomic E-state index is -0.591. The highest BCUT2D eigenvalue weighted by molar-refractivity contribution is 5.70. The monoisotopic (exact) mass is 560 g/mol. The molecule has 0 aliphatic heterocycles. The van der Waals surface area contributed by atoms with Gasteiger partial charge in [-0.15, -0.1) is 5.06 Å². The van der Waals surface area contributed by atoms with Gasteiger partial charge in [0.1, 0.15) is 12.2 Å². The van der Waals surface area contributed by atoms with Crippen molar-refractivity contribution < 1.29 is 28.6 Å². The van der Waals surface area contributed by atoms with Crippen LogP contribution in [0.15, 0.2) is 30.3 Å².